The van der Waals surface area contributed by atoms with E-state index in [9.17, 15) is 4.79 Å². The summed E-state index contributed by atoms with van der Waals surface area (Å²) in [5.74, 6) is 0.918. The van der Waals surface area contributed by atoms with E-state index in [-0.39, 0.29) is 11.9 Å². The zero-order chi connectivity index (χ0) is 24.0. The molecule has 0 bridgehead atoms. The van der Waals surface area contributed by atoms with Crippen LogP contribution in [0.3, 0.4) is 0 Å². The molecule has 2 aliphatic carbocycles. The van der Waals surface area contributed by atoms with Crippen LogP contribution in [-0.2, 0) is 11.4 Å². The number of carbonyl (C=O) groups is 1. The molecule has 1 amide bonds. The molecule has 4 nitrogen and oxygen atoms in total. The third kappa shape index (κ3) is 6.21. The Morgan fingerprint density at radius 2 is 1.69 bits per heavy atom. The number of rotatable bonds is 6. The number of amides is 1. The van der Waals surface area contributed by atoms with Crippen molar-refractivity contribution in [3.63, 3.8) is 0 Å². The minimum Gasteiger partial charge on any atom is -0.488 e. The van der Waals surface area contributed by atoms with E-state index in [1.165, 1.54) is 38.5 Å². The van der Waals surface area contributed by atoms with Crippen LogP contribution in [0.2, 0.25) is 0 Å². The first-order valence-electron chi connectivity index (χ1n) is 12.9. The summed E-state index contributed by atoms with van der Waals surface area (Å²) in [6.45, 7) is 0.519. The van der Waals surface area contributed by atoms with Crippen molar-refractivity contribution in [3.05, 3.63) is 69.0 Å². The Balaban J connectivity index is 1.34. The lowest BCUT2D eigenvalue weighted by atomic mass is 9.94. The van der Waals surface area contributed by atoms with Crippen LogP contribution in [0.15, 0.2) is 62.9 Å². The molecule has 184 valence electrons. The normalized spacial score (nSPS) is 22.3. The predicted molar refractivity (Wildman–Crippen MR) is 149 cm³/mol. The molecule has 3 fully saturated rings. The molecule has 0 aromatic heterocycles. The lowest BCUT2D eigenvalue weighted by molar-refractivity contribution is -0.124. The Morgan fingerprint density at radius 1 is 0.971 bits per heavy atom. The van der Waals surface area contributed by atoms with Crippen molar-refractivity contribution in [1.82, 2.24) is 4.90 Å². The molecule has 2 saturated carbocycles. The van der Waals surface area contributed by atoms with Crippen LogP contribution in [0.5, 0.6) is 5.75 Å². The smallest absolute Gasteiger partial charge is 0.266 e. The lowest BCUT2D eigenvalue weighted by Gasteiger charge is -2.31. The molecule has 0 atom stereocenters. The van der Waals surface area contributed by atoms with Gasteiger partial charge < -0.3 is 4.74 Å². The average molecular weight is 554 g/mol. The van der Waals surface area contributed by atoms with E-state index < -0.39 is 0 Å². The van der Waals surface area contributed by atoms with Crippen molar-refractivity contribution in [1.29, 1.82) is 0 Å². The third-order valence-electron chi connectivity index (χ3n) is 7.14. The molecule has 5 rings (SSSR count). The van der Waals surface area contributed by atoms with Gasteiger partial charge in [0.25, 0.3) is 5.91 Å². The molecule has 35 heavy (non-hydrogen) atoms. The van der Waals surface area contributed by atoms with Crippen LogP contribution in [-0.4, -0.2) is 28.1 Å². The monoisotopic (exact) mass is 552 g/mol. The van der Waals surface area contributed by atoms with Gasteiger partial charge in [0.15, 0.2) is 5.17 Å². The highest BCUT2D eigenvalue weighted by molar-refractivity contribution is 9.10. The van der Waals surface area contributed by atoms with Crippen molar-refractivity contribution in [3.8, 4) is 5.75 Å². The van der Waals surface area contributed by atoms with E-state index in [0.29, 0.717) is 12.6 Å². The topological polar surface area (TPSA) is 41.9 Å². The molecule has 0 N–H and O–H groups in total. The molecule has 0 unspecified atom stereocenters. The number of thioether (sulfide) groups is 1. The van der Waals surface area contributed by atoms with Crippen molar-refractivity contribution < 1.29 is 9.53 Å². The number of hydrogen-bond donors (Lipinski definition) is 0. The largest absolute Gasteiger partial charge is 0.488 e. The Kier molecular flexibility index (Phi) is 8.30. The number of benzene rings is 2. The van der Waals surface area contributed by atoms with Crippen molar-refractivity contribution >= 4 is 44.8 Å². The van der Waals surface area contributed by atoms with E-state index >= 15 is 0 Å². The molecule has 6 heteroatoms. The molecular formula is C29H33BrN2O2S. The fraction of sp³-hybridized carbons (Fsp3) is 0.448. The number of ether oxygens (including phenoxy) is 1. The maximum Gasteiger partial charge on any atom is 0.266 e. The number of nitrogens with zero attached hydrogens (tertiary/aromatic N) is 2. The summed E-state index contributed by atoms with van der Waals surface area (Å²) < 4.78 is 6.89. The number of hydrogen-bond acceptors (Lipinski definition) is 4. The number of aliphatic imine (C=N–C) groups is 1. The van der Waals surface area contributed by atoms with Gasteiger partial charge in [-0.25, -0.2) is 0 Å². The maximum atomic E-state index is 13.6. The van der Waals surface area contributed by atoms with E-state index in [2.05, 4.69) is 28.1 Å². The first-order chi connectivity index (χ1) is 17.2. The Bertz CT molecular complexity index is 1090. The van der Waals surface area contributed by atoms with Crippen LogP contribution >= 0.6 is 27.7 Å². The molecule has 2 aromatic rings. The van der Waals surface area contributed by atoms with Gasteiger partial charge in [-0.05, 0) is 82.7 Å². The van der Waals surface area contributed by atoms with Gasteiger partial charge in [-0.15, -0.1) is 0 Å². The Morgan fingerprint density at radius 3 is 2.40 bits per heavy atom. The van der Waals surface area contributed by atoms with E-state index in [1.807, 2.05) is 47.4 Å². The van der Waals surface area contributed by atoms with Gasteiger partial charge in [0.2, 0.25) is 0 Å². The summed E-state index contributed by atoms with van der Waals surface area (Å²) in [5.41, 5.74) is 2.12. The minimum atomic E-state index is 0.122. The van der Waals surface area contributed by atoms with Crippen LogP contribution in [0.25, 0.3) is 6.08 Å². The van der Waals surface area contributed by atoms with Gasteiger partial charge in [-0.1, -0.05) is 74.9 Å². The second-order valence-electron chi connectivity index (χ2n) is 9.75. The molecule has 0 radical (unpaired) electrons. The third-order valence-corrected chi connectivity index (χ3v) is 8.75. The highest BCUT2D eigenvalue weighted by Gasteiger charge is 2.39. The molecule has 3 aliphatic rings. The van der Waals surface area contributed by atoms with Gasteiger partial charge in [-0.2, -0.15) is 0 Å². The summed E-state index contributed by atoms with van der Waals surface area (Å²) in [6.07, 6.45) is 14.0. The second kappa shape index (κ2) is 11.8. The molecular weight excluding hydrogens is 520 g/mol. The Labute approximate surface area is 221 Å². The number of halogens is 1. The lowest BCUT2D eigenvalue weighted by Crippen LogP contribution is -2.41. The first-order valence-corrected chi connectivity index (χ1v) is 14.6. The van der Waals surface area contributed by atoms with Crippen LogP contribution < -0.4 is 4.74 Å². The zero-order valence-electron chi connectivity index (χ0n) is 20.1. The summed E-state index contributed by atoms with van der Waals surface area (Å²) in [4.78, 5) is 21.5. The van der Waals surface area contributed by atoms with Gasteiger partial charge in [0.05, 0.1) is 15.4 Å². The SMILES string of the molecule is O=C1C(=Cc2ccc(OCc3ccccc3)c(Br)c2)SC(=NC2CCCCC2)N1C1CCCCC1. The minimum absolute atomic E-state index is 0.122. The van der Waals surface area contributed by atoms with Crippen LogP contribution in [0, 0.1) is 0 Å². The maximum absolute atomic E-state index is 13.6. The summed E-state index contributed by atoms with van der Waals surface area (Å²) in [6, 6.07) is 16.8. The molecule has 1 heterocycles. The van der Waals surface area contributed by atoms with Crippen LogP contribution in [0.4, 0.5) is 0 Å². The molecule has 1 aliphatic heterocycles. The fourth-order valence-corrected chi connectivity index (χ4v) is 6.84. The van der Waals surface area contributed by atoms with Gasteiger partial charge >= 0.3 is 0 Å². The van der Waals surface area contributed by atoms with E-state index in [0.717, 1.165) is 57.1 Å². The van der Waals surface area contributed by atoms with E-state index in [1.54, 1.807) is 11.8 Å². The second-order valence-corrected chi connectivity index (χ2v) is 11.6. The van der Waals surface area contributed by atoms with Crippen LogP contribution in [0.1, 0.15) is 75.3 Å². The van der Waals surface area contributed by atoms with Gasteiger partial charge in [0, 0.05) is 6.04 Å². The number of amidine groups is 1. The van der Waals surface area contributed by atoms with Crippen molar-refractivity contribution in [2.75, 3.05) is 0 Å². The summed E-state index contributed by atoms with van der Waals surface area (Å²) in [7, 11) is 0. The predicted octanol–water partition coefficient (Wildman–Crippen LogP) is 7.97. The van der Waals surface area contributed by atoms with Crippen molar-refractivity contribution in [2.24, 2.45) is 4.99 Å². The fourth-order valence-electron chi connectivity index (χ4n) is 5.21. The summed E-state index contributed by atoms with van der Waals surface area (Å²) in [5, 5.41) is 0.932. The quantitative estimate of drug-likeness (QED) is 0.341. The summed E-state index contributed by atoms with van der Waals surface area (Å²) >= 11 is 5.22. The highest BCUT2D eigenvalue weighted by Crippen LogP contribution is 2.39. The van der Waals surface area contributed by atoms with Gasteiger partial charge in [0.1, 0.15) is 12.4 Å². The Hall–Kier alpha value is -2.05. The molecule has 0 spiro atoms. The molecule has 2 aromatic carbocycles. The highest BCUT2D eigenvalue weighted by atomic mass is 79.9. The zero-order valence-corrected chi connectivity index (χ0v) is 22.5. The van der Waals surface area contributed by atoms with Crippen molar-refractivity contribution in [2.45, 2.75) is 82.9 Å². The average Bonchev–Trinajstić information content (AvgIpc) is 3.19. The number of carbonyl (C=O) groups excluding carboxylic acids is 1. The first kappa shape index (κ1) is 24.6. The molecule has 1 saturated heterocycles. The van der Waals surface area contributed by atoms with Gasteiger partial charge in [-0.3, -0.25) is 14.7 Å². The van der Waals surface area contributed by atoms with E-state index in [4.69, 9.17) is 9.73 Å². The standard InChI is InChI=1S/C29H33BrN2O2S/c30-25-18-22(16-17-26(25)34-20-21-10-4-1-5-11-21)19-27-28(33)32(24-14-8-3-9-15-24)29(35-27)31-23-12-6-2-7-13-23/h1,4-5,10-11,16-19,23-24H,2-3,6-9,12-15,20H2.